The molecule has 0 aliphatic rings. The van der Waals surface area contributed by atoms with Crippen LogP contribution in [-0.4, -0.2) is 39.0 Å². The van der Waals surface area contributed by atoms with Crippen LogP contribution in [0.15, 0.2) is 53.7 Å². The molecule has 1 heterocycles. The standard InChI is InChI=1S/C19H17F2N5O2S/c1-11(17(27)23-18(28)22-2)29-19-25-24-16(12-3-5-13(20)6-4-12)26(19)15-9-7-14(21)8-10-15/h3-11H,1-2H3,(H2,22,23,27,28). The molecule has 1 unspecified atom stereocenters. The van der Waals surface area contributed by atoms with Crippen LogP contribution in [-0.2, 0) is 4.79 Å². The van der Waals surface area contributed by atoms with Gasteiger partial charge in [-0.3, -0.25) is 14.7 Å². The molecule has 1 atom stereocenters. The number of amides is 3. The molecule has 0 spiro atoms. The van der Waals surface area contributed by atoms with Crippen molar-refractivity contribution in [3.63, 3.8) is 0 Å². The van der Waals surface area contributed by atoms with E-state index in [1.165, 1.54) is 31.3 Å². The highest BCUT2D eigenvalue weighted by Gasteiger charge is 2.23. The monoisotopic (exact) mass is 417 g/mol. The number of thioether (sulfide) groups is 1. The number of imide groups is 1. The normalized spacial score (nSPS) is 11.7. The maximum atomic E-state index is 13.4. The first-order valence-corrected chi connectivity index (χ1v) is 9.43. The van der Waals surface area contributed by atoms with Crippen molar-refractivity contribution < 1.29 is 18.4 Å². The molecule has 3 amide bonds. The van der Waals surface area contributed by atoms with Crippen LogP contribution >= 0.6 is 11.8 Å². The number of nitrogens with zero attached hydrogens (tertiary/aromatic N) is 3. The van der Waals surface area contributed by atoms with Gasteiger partial charge in [0.1, 0.15) is 11.6 Å². The van der Waals surface area contributed by atoms with Gasteiger partial charge in [0.15, 0.2) is 11.0 Å². The van der Waals surface area contributed by atoms with E-state index in [9.17, 15) is 18.4 Å². The van der Waals surface area contributed by atoms with Crippen LogP contribution in [0.2, 0.25) is 0 Å². The molecule has 2 aromatic carbocycles. The summed E-state index contributed by atoms with van der Waals surface area (Å²) >= 11 is 1.08. The minimum atomic E-state index is -0.670. The summed E-state index contributed by atoms with van der Waals surface area (Å²) in [6.45, 7) is 1.62. The fourth-order valence-corrected chi connectivity index (χ4v) is 3.31. The first-order valence-electron chi connectivity index (χ1n) is 8.55. The van der Waals surface area contributed by atoms with Crippen LogP contribution in [0.3, 0.4) is 0 Å². The summed E-state index contributed by atoms with van der Waals surface area (Å²) in [4.78, 5) is 23.5. The Labute approximate surface area is 169 Å². The fourth-order valence-electron chi connectivity index (χ4n) is 2.44. The second-order valence-corrected chi connectivity index (χ2v) is 7.26. The molecule has 10 heteroatoms. The van der Waals surface area contributed by atoms with Gasteiger partial charge >= 0.3 is 6.03 Å². The van der Waals surface area contributed by atoms with E-state index in [0.29, 0.717) is 22.2 Å². The molecule has 2 N–H and O–H groups in total. The van der Waals surface area contributed by atoms with Crippen LogP contribution in [0, 0.1) is 11.6 Å². The van der Waals surface area contributed by atoms with Gasteiger partial charge in [0, 0.05) is 18.3 Å². The Hall–Kier alpha value is -3.27. The first kappa shape index (κ1) is 20.5. The van der Waals surface area contributed by atoms with Gasteiger partial charge in [-0.1, -0.05) is 11.8 Å². The smallest absolute Gasteiger partial charge is 0.321 e. The van der Waals surface area contributed by atoms with Crippen molar-refractivity contribution >= 4 is 23.7 Å². The Morgan fingerprint density at radius 3 is 2.17 bits per heavy atom. The lowest BCUT2D eigenvalue weighted by molar-refractivity contribution is -0.119. The highest BCUT2D eigenvalue weighted by atomic mass is 32.2. The van der Waals surface area contributed by atoms with Crippen LogP contribution in [0.1, 0.15) is 6.92 Å². The van der Waals surface area contributed by atoms with Gasteiger partial charge in [-0.25, -0.2) is 13.6 Å². The minimum Gasteiger partial charge on any atom is -0.341 e. The minimum absolute atomic E-state index is 0.357. The van der Waals surface area contributed by atoms with Gasteiger partial charge in [-0.15, -0.1) is 10.2 Å². The lowest BCUT2D eigenvalue weighted by atomic mass is 10.2. The summed E-state index contributed by atoms with van der Waals surface area (Å²) in [5.74, 6) is -0.905. The molecular formula is C19H17F2N5O2S. The number of benzene rings is 2. The van der Waals surface area contributed by atoms with Crippen molar-refractivity contribution in [2.24, 2.45) is 0 Å². The van der Waals surface area contributed by atoms with Crippen molar-refractivity contribution in [2.45, 2.75) is 17.3 Å². The molecule has 7 nitrogen and oxygen atoms in total. The summed E-state index contributed by atoms with van der Waals surface area (Å²) in [6, 6.07) is 10.8. The lowest BCUT2D eigenvalue weighted by Crippen LogP contribution is -2.41. The average molecular weight is 417 g/mol. The van der Waals surface area contributed by atoms with E-state index in [-0.39, 0.29) is 0 Å². The number of carbonyl (C=O) groups is 2. The summed E-state index contributed by atoms with van der Waals surface area (Å²) in [6.07, 6.45) is 0. The van der Waals surface area contributed by atoms with Gasteiger partial charge in [-0.2, -0.15) is 0 Å². The number of carbonyl (C=O) groups excluding carboxylic acids is 2. The third-order valence-electron chi connectivity index (χ3n) is 3.94. The molecule has 0 aliphatic heterocycles. The molecule has 0 fully saturated rings. The van der Waals surface area contributed by atoms with E-state index >= 15 is 0 Å². The van der Waals surface area contributed by atoms with Crippen LogP contribution in [0.25, 0.3) is 17.1 Å². The van der Waals surface area contributed by atoms with Crippen molar-refractivity contribution in [2.75, 3.05) is 7.05 Å². The fraction of sp³-hybridized carbons (Fsp3) is 0.158. The van der Waals surface area contributed by atoms with Gasteiger partial charge in [0.2, 0.25) is 5.91 Å². The highest BCUT2D eigenvalue weighted by molar-refractivity contribution is 8.00. The number of nitrogens with one attached hydrogen (secondary N) is 2. The predicted octanol–water partition coefficient (Wildman–Crippen LogP) is 3.15. The maximum absolute atomic E-state index is 13.4. The third kappa shape index (κ3) is 4.77. The molecule has 150 valence electrons. The molecular weight excluding hydrogens is 400 g/mol. The van der Waals surface area contributed by atoms with Gasteiger partial charge in [0.25, 0.3) is 0 Å². The second-order valence-electron chi connectivity index (χ2n) is 5.95. The summed E-state index contributed by atoms with van der Waals surface area (Å²) in [7, 11) is 1.40. The van der Waals surface area contributed by atoms with Crippen molar-refractivity contribution in [3.8, 4) is 17.1 Å². The van der Waals surface area contributed by atoms with Crippen LogP contribution < -0.4 is 10.6 Å². The van der Waals surface area contributed by atoms with E-state index in [1.807, 2.05) is 0 Å². The van der Waals surface area contributed by atoms with E-state index in [1.54, 1.807) is 35.8 Å². The Morgan fingerprint density at radius 2 is 1.59 bits per heavy atom. The maximum Gasteiger partial charge on any atom is 0.321 e. The molecule has 0 saturated carbocycles. The SMILES string of the molecule is CNC(=O)NC(=O)C(C)Sc1nnc(-c2ccc(F)cc2)n1-c1ccc(F)cc1. The molecule has 0 radical (unpaired) electrons. The average Bonchev–Trinajstić information content (AvgIpc) is 3.12. The molecule has 1 aromatic heterocycles. The summed E-state index contributed by atoms with van der Waals surface area (Å²) in [5, 5.41) is 12.5. The first-order chi connectivity index (χ1) is 13.9. The number of hydrogen-bond donors (Lipinski definition) is 2. The van der Waals surface area contributed by atoms with E-state index in [2.05, 4.69) is 20.8 Å². The van der Waals surface area contributed by atoms with Crippen molar-refractivity contribution in [3.05, 3.63) is 60.2 Å². The Kier molecular flexibility index (Phi) is 6.23. The zero-order valence-corrected chi connectivity index (χ0v) is 16.3. The Morgan fingerprint density at radius 1 is 1.00 bits per heavy atom. The highest BCUT2D eigenvalue weighted by Crippen LogP contribution is 2.30. The largest absolute Gasteiger partial charge is 0.341 e. The number of urea groups is 1. The zero-order valence-electron chi connectivity index (χ0n) is 15.5. The molecule has 29 heavy (non-hydrogen) atoms. The number of halogens is 2. The van der Waals surface area contributed by atoms with Gasteiger partial charge in [-0.05, 0) is 55.5 Å². The van der Waals surface area contributed by atoms with Gasteiger partial charge in [0.05, 0.1) is 5.25 Å². The number of rotatable bonds is 5. The molecule has 0 aliphatic carbocycles. The van der Waals surface area contributed by atoms with Crippen LogP contribution in [0.5, 0.6) is 0 Å². The third-order valence-corrected chi connectivity index (χ3v) is 4.98. The summed E-state index contributed by atoms with van der Waals surface area (Å²) in [5.41, 5.74) is 1.16. The van der Waals surface area contributed by atoms with E-state index in [4.69, 9.17) is 0 Å². The predicted molar refractivity (Wildman–Crippen MR) is 105 cm³/mol. The lowest BCUT2D eigenvalue weighted by Gasteiger charge is -2.13. The molecule has 0 bridgehead atoms. The van der Waals surface area contributed by atoms with E-state index < -0.39 is 28.8 Å². The van der Waals surface area contributed by atoms with Crippen molar-refractivity contribution in [1.82, 2.24) is 25.4 Å². The van der Waals surface area contributed by atoms with E-state index in [0.717, 1.165) is 11.8 Å². The number of hydrogen-bond acceptors (Lipinski definition) is 5. The quantitative estimate of drug-likeness (QED) is 0.623. The summed E-state index contributed by atoms with van der Waals surface area (Å²) < 4.78 is 28.3. The molecule has 3 aromatic rings. The Bertz CT molecular complexity index is 1020. The number of aromatic nitrogens is 3. The molecule has 3 rings (SSSR count). The second kappa shape index (κ2) is 8.82. The van der Waals surface area contributed by atoms with Gasteiger partial charge < -0.3 is 5.32 Å². The molecule has 0 saturated heterocycles. The topological polar surface area (TPSA) is 88.9 Å². The Balaban J connectivity index is 1.99. The van der Waals surface area contributed by atoms with Crippen molar-refractivity contribution in [1.29, 1.82) is 0 Å². The zero-order chi connectivity index (χ0) is 21.0. The van der Waals surface area contributed by atoms with Crippen LogP contribution in [0.4, 0.5) is 13.6 Å².